The van der Waals surface area contributed by atoms with Crippen molar-refractivity contribution in [2.75, 3.05) is 33.7 Å². The van der Waals surface area contributed by atoms with E-state index in [1.165, 1.54) is 11.3 Å². The second-order valence-corrected chi connectivity index (χ2v) is 5.27. The predicted molar refractivity (Wildman–Crippen MR) is 74.4 cm³/mol. The molecule has 18 heavy (non-hydrogen) atoms. The lowest BCUT2D eigenvalue weighted by atomic mass is 10.2. The van der Waals surface area contributed by atoms with Crippen molar-refractivity contribution in [3.8, 4) is 0 Å². The van der Waals surface area contributed by atoms with Crippen molar-refractivity contribution in [2.24, 2.45) is 0 Å². The van der Waals surface area contributed by atoms with Crippen LogP contribution in [0.1, 0.15) is 18.2 Å². The van der Waals surface area contributed by atoms with Crippen LogP contribution < -0.4 is 5.32 Å². The lowest BCUT2D eigenvalue weighted by Gasteiger charge is -2.37. The number of pyridine rings is 1. The first-order valence-corrected chi connectivity index (χ1v) is 6.70. The standard InChI is InChI=1S/C14H24N4/c1-12-10-17(3)6-7-18(12)11-14-5-4-13(8-15-2)9-16-14/h4-5,9,12,15H,6-8,10-11H2,1-3H3. The molecule has 1 aromatic rings. The molecule has 0 bridgehead atoms. The van der Waals surface area contributed by atoms with E-state index in [1.807, 2.05) is 13.2 Å². The quantitative estimate of drug-likeness (QED) is 0.859. The van der Waals surface area contributed by atoms with E-state index in [-0.39, 0.29) is 0 Å². The van der Waals surface area contributed by atoms with E-state index in [0.717, 1.165) is 32.7 Å². The molecule has 1 unspecified atom stereocenters. The lowest BCUT2D eigenvalue weighted by molar-refractivity contribution is 0.0927. The number of rotatable bonds is 4. The van der Waals surface area contributed by atoms with Crippen molar-refractivity contribution in [3.63, 3.8) is 0 Å². The number of piperazine rings is 1. The Hall–Kier alpha value is -0.970. The fourth-order valence-corrected chi connectivity index (χ4v) is 2.48. The van der Waals surface area contributed by atoms with Gasteiger partial charge in [0.15, 0.2) is 0 Å². The molecule has 2 heterocycles. The number of aromatic nitrogens is 1. The fourth-order valence-electron chi connectivity index (χ4n) is 2.48. The zero-order chi connectivity index (χ0) is 13.0. The van der Waals surface area contributed by atoms with Crippen LogP contribution in [-0.4, -0.2) is 54.6 Å². The molecule has 0 radical (unpaired) electrons. The maximum absolute atomic E-state index is 4.55. The molecule has 1 fully saturated rings. The Morgan fingerprint density at radius 1 is 1.39 bits per heavy atom. The van der Waals surface area contributed by atoms with Gasteiger partial charge in [-0.05, 0) is 32.6 Å². The summed E-state index contributed by atoms with van der Waals surface area (Å²) in [6.45, 7) is 7.59. The Balaban J connectivity index is 1.92. The largest absolute Gasteiger partial charge is 0.316 e. The molecule has 0 saturated carbocycles. The average molecular weight is 248 g/mol. The number of hydrogen-bond acceptors (Lipinski definition) is 4. The normalized spacial score (nSPS) is 22.3. The third-order valence-corrected chi connectivity index (χ3v) is 3.60. The van der Waals surface area contributed by atoms with Crippen molar-refractivity contribution in [2.45, 2.75) is 26.1 Å². The molecule has 4 heteroatoms. The van der Waals surface area contributed by atoms with Crippen LogP contribution in [0.2, 0.25) is 0 Å². The second kappa shape index (κ2) is 6.27. The van der Waals surface area contributed by atoms with Crippen LogP contribution in [0.5, 0.6) is 0 Å². The minimum Gasteiger partial charge on any atom is -0.316 e. The van der Waals surface area contributed by atoms with Gasteiger partial charge in [0.25, 0.3) is 0 Å². The third-order valence-electron chi connectivity index (χ3n) is 3.60. The van der Waals surface area contributed by atoms with Crippen LogP contribution in [0.25, 0.3) is 0 Å². The zero-order valence-corrected chi connectivity index (χ0v) is 11.7. The van der Waals surface area contributed by atoms with Crippen molar-refractivity contribution < 1.29 is 0 Å². The van der Waals surface area contributed by atoms with Gasteiger partial charge in [0.05, 0.1) is 5.69 Å². The Bertz CT molecular complexity index is 363. The molecule has 1 aromatic heterocycles. The molecule has 1 atom stereocenters. The smallest absolute Gasteiger partial charge is 0.0544 e. The molecule has 100 valence electrons. The fraction of sp³-hybridized carbons (Fsp3) is 0.643. The van der Waals surface area contributed by atoms with Crippen molar-refractivity contribution >= 4 is 0 Å². The Morgan fingerprint density at radius 3 is 2.83 bits per heavy atom. The van der Waals surface area contributed by atoms with Crippen LogP contribution in [-0.2, 0) is 13.1 Å². The molecule has 1 N–H and O–H groups in total. The van der Waals surface area contributed by atoms with Gasteiger partial charge in [-0.25, -0.2) is 0 Å². The molecule has 4 nitrogen and oxygen atoms in total. The third kappa shape index (κ3) is 3.51. The van der Waals surface area contributed by atoms with E-state index in [4.69, 9.17) is 0 Å². The first kappa shape index (κ1) is 13.5. The van der Waals surface area contributed by atoms with Gasteiger partial charge in [0.2, 0.25) is 0 Å². The number of hydrogen-bond donors (Lipinski definition) is 1. The van der Waals surface area contributed by atoms with Gasteiger partial charge in [0.1, 0.15) is 0 Å². The first-order valence-electron chi connectivity index (χ1n) is 6.70. The van der Waals surface area contributed by atoms with Crippen LogP contribution in [0.3, 0.4) is 0 Å². The molecule has 1 saturated heterocycles. The van der Waals surface area contributed by atoms with Gasteiger partial charge in [0, 0.05) is 45.0 Å². The van der Waals surface area contributed by atoms with Crippen LogP contribution in [0.4, 0.5) is 0 Å². The summed E-state index contributed by atoms with van der Waals surface area (Å²) in [4.78, 5) is 9.46. The molecule has 1 aliphatic heterocycles. The summed E-state index contributed by atoms with van der Waals surface area (Å²) < 4.78 is 0. The van der Waals surface area contributed by atoms with Gasteiger partial charge in [-0.3, -0.25) is 9.88 Å². The van der Waals surface area contributed by atoms with Gasteiger partial charge in [-0.15, -0.1) is 0 Å². The molecule has 0 spiro atoms. The van der Waals surface area contributed by atoms with Crippen molar-refractivity contribution in [1.29, 1.82) is 0 Å². The average Bonchev–Trinajstić information content (AvgIpc) is 2.35. The van der Waals surface area contributed by atoms with E-state index >= 15 is 0 Å². The lowest BCUT2D eigenvalue weighted by Crippen LogP contribution is -2.49. The van der Waals surface area contributed by atoms with E-state index in [2.05, 4.69) is 46.2 Å². The minimum absolute atomic E-state index is 0.613. The van der Waals surface area contributed by atoms with Crippen LogP contribution in [0.15, 0.2) is 18.3 Å². The van der Waals surface area contributed by atoms with Crippen molar-refractivity contribution in [3.05, 3.63) is 29.6 Å². The summed E-state index contributed by atoms with van der Waals surface area (Å²) in [6.07, 6.45) is 1.98. The Labute approximate surface area is 110 Å². The molecule has 0 aromatic carbocycles. The molecule has 0 aliphatic carbocycles. The molecular formula is C14H24N4. The number of nitrogens with zero attached hydrogens (tertiary/aromatic N) is 3. The van der Waals surface area contributed by atoms with E-state index in [1.54, 1.807) is 0 Å². The highest BCUT2D eigenvalue weighted by atomic mass is 15.3. The van der Waals surface area contributed by atoms with Gasteiger partial charge in [-0.1, -0.05) is 6.07 Å². The van der Waals surface area contributed by atoms with Gasteiger partial charge < -0.3 is 10.2 Å². The second-order valence-electron chi connectivity index (χ2n) is 5.27. The predicted octanol–water partition coefficient (Wildman–Crippen LogP) is 0.937. The summed E-state index contributed by atoms with van der Waals surface area (Å²) in [5, 5.41) is 3.14. The monoisotopic (exact) mass is 248 g/mol. The van der Waals surface area contributed by atoms with Crippen LogP contribution >= 0.6 is 0 Å². The van der Waals surface area contributed by atoms with E-state index in [0.29, 0.717) is 6.04 Å². The summed E-state index contributed by atoms with van der Waals surface area (Å²) in [5.41, 5.74) is 2.42. The van der Waals surface area contributed by atoms with Crippen molar-refractivity contribution in [1.82, 2.24) is 20.1 Å². The van der Waals surface area contributed by atoms with E-state index in [9.17, 15) is 0 Å². The summed E-state index contributed by atoms with van der Waals surface area (Å²) in [6, 6.07) is 4.93. The number of nitrogens with one attached hydrogen (secondary N) is 1. The maximum Gasteiger partial charge on any atom is 0.0544 e. The summed E-state index contributed by atoms with van der Waals surface area (Å²) in [7, 11) is 4.15. The maximum atomic E-state index is 4.55. The first-order chi connectivity index (χ1) is 8.69. The van der Waals surface area contributed by atoms with Gasteiger partial charge >= 0.3 is 0 Å². The topological polar surface area (TPSA) is 31.4 Å². The summed E-state index contributed by atoms with van der Waals surface area (Å²) in [5.74, 6) is 0. The Kier molecular flexibility index (Phi) is 4.69. The van der Waals surface area contributed by atoms with Gasteiger partial charge in [-0.2, -0.15) is 0 Å². The molecule has 0 amide bonds. The number of likely N-dealkylation sites (N-methyl/N-ethyl adjacent to an activating group) is 1. The zero-order valence-electron chi connectivity index (χ0n) is 11.7. The van der Waals surface area contributed by atoms with E-state index < -0.39 is 0 Å². The highest BCUT2D eigenvalue weighted by molar-refractivity contribution is 5.14. The van der Waals surface area contributed by atoms with Crippen LogP contribution in [0, 0.1) is 0 Å². The minimum atomic E-state index is 0.613. The molecule has 2 rings (SSSR count). The highest BCUT2D eigenvalue weighted by Crippen LogP contribution is 2.12. The highest BCUT2D eigenvalue weighted by Gasteiger charge is 2.21. The molecular weight excluding hydrogens is 224 g/mol. The summed E-state index contributed by atoms with van der Waals surface area (Å²) >= 11 is 0. The SMILES string of the molecule is CNCc1ccc(CN2CCN(C)CC2C)nc1. The Morgan fingerprint density at radius 2 is 2.22 bits per heavy atom. The molecule has 1 aliphatic rings.